The van der Waals surface area contributed by atoms with Crippen molar-refractivity contribution in [1.82, 2.24) is 9.78 Å². The van der Waals surface area contributed by atoms with Crippen molar-refractivity contribution in [2.75, 3.05) is 7.11 Å². The Balaban J connectivity index is 2.30. The summed E-state index contributed by atoms with van der Waals surface area (Å²) in [6.45, 7) is 0.167. The van der Waals surface area contributed by atoms with Gasteiger partial charge in [0.05, 0.1) is 24.8 Å². The first-order chi connectivity index (χ1) is 9.81. The van der Waals surface area contributed by atoms with Crippen molar-refractivity contribution in [2.45, 2.75) is 11.4 Å². The molecule has 9 nitrogen and oxygen atoms in total. The minimum absolute atomic E-state index is 0.120. The number of sulfonamides is 1. The van der Waals surface area contributed by atoms with Crippen LogP contribution >= 0.6 is 0 Å². The molecule has 2 rings (SSSR count). The second kappa shape index (κ2) is 5.50. The summed E-state index contributed by atoms with van der Waals surface area (Å²) < 4.78 is 28.5. The Hall–Kier alpha value is -2.46. The minimum Gasteiger partial charge on any atom is -0.490 e. The molecule has 0 aliphatic rings. The van der Waals surface area contributed by atoms with Crippen molar-refractivity contribution >= 4 is 15.7 Å². The van der Waals surface area contributed by atoms with Gasteiger partial charge in [-0.3, -0.25) is 14.8 Å². The third-order valence-electron chi connectivity index (χ3n) is 2.72. The predicted molar refractivity (Wildman–Crippen MR) is 72.4 cm³/mol. The van der Waals surface area contributed by atoms with Crippen LogP contribution in [-0.2, 0) is 16.6 Å². The first kappa shape index (κ1) is 14.9. The normalized spacial score (nSPS) is 11.3. The van der Waals surface area contributed by atoms with Gasteiger partial charge in [0.2, 0.25) is 10.0 Å². The molecule has 0 saturated carbocycles. The monoisotopic (exact) mass is 312 g/mol. The summed E-state index contributed by atoms with van der Waals surface area (Å²) >= 11 is 0. The predicted octanol–water partition coefficient (Wildman–Crippen LogP) is 0.496. The Morgan fingerprint density at radius 1 is 1.48 bits per heavy atom. The van der Waals surface area contributed by atoms with Gasteiger partial charge in [0, 0.05) is 12.3 Å². The van der Waals surface area contributed by atoms with Crippen molar-refractivity contribution in [3.8, 4) is 5.75 Å². The number of methoxy groups -OCH3 is 1. The van der Waals surface area contributed by atoms with Crippen LogP contribution in [0.1, 0.15) is 5.56 Å². The summed E-state index contributed by atoms with van der Waals surface area (Å²) in [6.07, 6.45) is 2.37. The molecule has 0 aliphatic heterocycles. The lowest BCUT2D eigenvalue weighted by Gasteiger charge is -2.05. The molecule has 1 aromatic carbocycles. The number of aromatic nitrogens is 2. The molecule has 0 atom stereocenters. The number of hydrogen-bond acceptors (Lipinski definition) is 6. The number of rotatable bonds is 5. The van der Waals surface area contributed by atoms with E-state index in [0.717, 1.165) is 6.20 Å². The van der Waals surface area contributed by atoms with E-state index < -0.39 is 14.9 Å². The molecule has 10 heteroatoms. The van der Waals surface area contributed by atoms with Gasteiger partial charge in [0.1, 0.15) is 4.90 Å². The van der Waals surface area contributed by atoms with Crippen molar-refractivity contribution in [2.24, 2.45) is 5.14 Å². The molecule has 21 heavy (non-hydrogen) atoms. The second-order valence-corrected chi connectivity index (χ2v) is 5.74. The third kappa shape index (κ3) is 3.35. The molecule has 0 spiro atoms. The maximum Gasteiger partial charge on any atom is 0.311 e. The number of benzene rings is 1. The highest BCUT2D eigenvalue weighted by atomic mass is 32.2. The lowest BCUT2D eigenvalue weighted by molar-refractivity contribution is -0.385. The van der Waals surface area contributed by atoms with E-state index in [4.69, 9.17) is 9.88 Å². The highest BCUT2D eigenvalue weighted by Crippen LogP contribution is 2.27. The van der Waals surface area contributed by atoms with E-state index in [1.54, 1.807) is 6.07 Å². The molecule has 0 aliphatic carbocycles. The van der Waals surface area contributed by atoms with E-state index in [9.17, 15) is 18.5 Å². The SMILES string of the molecule is COc1ccc(Cn2cc(S(N)(=O)=O)cn2)cc1[N+](=O)[O-]. The number of nitro benzene ring substituents is 1. The first-order valence-electron chi connectivity index (χ1n) is 5.68. The van der Waals surface area contributed by atoms with Crippen LogP contribution in [0.3, 0.4) is 0 Å². The molecule has 0 unspecified atom stereocenters. The molecule has 2 N–H and O–H groups in total. The smallest absolute Gasteiger partial charge is 0.311 e. The molecule has 0 bridgehead atoms. The Bertz CT molecular complexity index is 784. The molecule has 1 heterocycles. The van der Waals surface area contributed by atoms with Crippen molar-refractivity contribution in [3.63, 3.8) is 0 Å². The fraction of sp³-hybridized carbons (Fsp3) is 0.182. The van der Waals surface area contributed by atoms with E-state index >= 15 is 0 Å². The number of ether oxygens (including phenoxy) is 1. The molecule has 0 fully saturated rings. The van der Waals surface area contributed by atoms with Gasteiger partial charge in [-0.1, -0.05) is 6.07 Å². The standard InChI is InChI=1S/C11H12N4O5S/c1-20-11-3-2-8(4-10(11)15(16)17)6-14-7-9(5-13-14)21(12,18)19/h2-5,7H,6H2,1H3,(H2,12,18,19). The van der Waals surface area contributed by atoms with E-state index in [-0.39, 0.29) is 22.9 Å². The van der Waals surface area contributed by atoms with Gasteiger partial charge < -0.3 is 4.74 Å². The van der Waals surface area contributed by atoms with E-state index in [1.807, 2.05) is 0 Å². The third-order valence-corrected chi connectivity index (χ3v) is 3.59. The van der Waals surface area contributed by atoms with Gasteiger partial charge in [-0.2, -0.15) is 5.10 Å². The lowest BCUT2D eigenvalue weighted by atomic mass is 10.2. The first-order valence-corrected chi connectivity index (χ1v) is 7.22. The zero-order chi connectivity index (χ0) is 15.6. The number of hydrogen-bond donors (Lipinski definition) is 1. The van der Waals surface area contributed by atoms with E-state index in [1.165, 1.54) is 30.1 Å². The van der Waals surface area contributed by atoms with Crippen LogP contribution in [-0.4, -0.2) is 30.2 Å². The van der Waals surface area contributed by atoms with Gasteiger partial charge in [0.25, 0.3) is 0 Å². The van der Waals surface area contributed by atoms with Crippen LogP contribution in [0.25, 0.3) is 0 Å². The Labute approximate surface area is 120 Å². The fourth-order valence-corrected chi connectivity index (χ4v) is 2.20. The Morgan fingerprint density at radius 2 is 2.19 bits per heavy atom. The van der Waals surface area contributed by atoms with Gasteiger partial charge in [-0.25, -0.2) is 13.6 Å². The fourth-order valence-electron chi connectivity index (χ4n) is 1.74. The summed E-state index contributed by atoms with van der Waals surface area (Å²) in [5.41, 5.74) is 0.403. The van der Waals surface area contributed by atoms with Crippen LogP contribution in [0, 0.1) is 10.1 Å². The quantitative estimate of drug-likeness (QED) is 0.631. The number of nitro groups is 1. The molecule has 1 aromatic heterocycles. The average molecular weight is 312 g/mol. The van der Waals surface area contributed by atoms with Crippen LogP contribution in [0.4, 0.5) is 5.69 Å². The molecule has 112 valence electrons. The molecular weight excluding hydrogens is 300 g/mol. The zero-order valence-corrected chi connectivity index (χ0v) is 11.8. The van der Waals surface area contributed by atoms with Gasteiger partial charge in [0.15, 0.2) is 5.75 Å². The Kier molecular flexibility index (Phi) is 3.91. The van der Waals surface area contributed by atoms with Gasteiger partial charge in [-0.15, -0.1) is 0 Å². The molecule has 0 radical (unpaired) electrons. The van der Waals surface area contributed by atoms with Crippen molar-refractivity contribution < 1.29 is 18.1 Å². The minimum atomic E-state index is -3.82. The second-order valence-electron chi connectivity index (χ2n) is 4.18. The zero-order valence-electron chi connectivity index (χ0n) is 11.0. The van der Waals surface area contributed by atoms with Crippen molar-refractivity contribution in [3.05, 3.63) is 46.3 Å². The van der Waals surface area contributed by atoms with E-state index in [0.29, 0.717) is 5.56 Å². The van der Waals surface area contributed by atoms with E-state index in [2.05, 4.69) is 5.10 Å². The topological polar surface area (TPSA) is 130 Å². The molecular formula is C11H12N4O5S. The van der Waals surface area contributed by atoms with Gasteiger partial charge >= 0.3 is 5.69 Å². The average Bonchev–Trinajstić information content (AvgIpc) is 2.87. The number of nitrogens with zero attached hydrogens (tertiary/aromatic N) is 3. The number of nitrogens with two attached hydrogens (primary N) is 1. The molecule has 0 saturated heterocycles. The van der Waals surface area contributed by atoms with Crippen LogP contribution in [0.15, 0.2) is 35.5 Å². The summed E-state index contributed by atoms with van der Waals surface area (Å²) in [6, 6.07) is 4.44. The maximum atomic E-state index is 11.1. The van der Waals surface area contributed by atoms with Crippen LogP contribution < -0.4 is 9.88 Å². The summed E-state index contributed by atoms with van der Waals surface area (Å²) in [5, 5.41) is 19.8. The highest BCUT2D eigenvalue weighted by molar-refractivity contribution is 7.89. The highest BCUT2D eigenvalue weighted by Gasteiger charge is 2.16. The van der Waals surface area contributed by atoms with Crippen LogP contribution in [0.5, 0.6) is 5.75 Å². The van der Waals surface area contributed by atoms with Gasteiger partial charge in [-0.05, 0) is 11.6 Å². The molecule has 0 amide bonds. The summed E-state index contributed by atoms with van der Waals surface area (Å²) in [4.78, 5) is 10.3. The largest absolute Gasteiger partial charge is 0.490 e. The Morgan fingerprint density at radius 3 is 2.71 bits per heavy atom. The summed E-state index contributed by atoms with van der Waals surface area (Å²) in [7, 11) is -2.48. The summed E-state index contributed by atoms with van der Waals surface area (Å²) in [5.74, 6) is 0.148. The molecule has 2 aromatic rings. The lowest BCUT2D eigenvalue weighted by Crippen LogP contribution is -2.11. The van der Waals surface area contributed by atoms with Crippen LogP contribution in [0.2, 0.25) is 0 Å². The number of primary sulfonamides is 1. The maximum absolute atomic E-state index is 11.1. The van der Waals surface area contributed by atoms with Crippen molar-refractivity contribution in [1.29, 1.82) is 0 Å².